The van der Waals surface area contributed by atoms with E-state index in [0.29, 0.717) is 30.9 Å². The number of nitrogens with zero attached hydrogens (tertiary/aromatic N) is 3. The van der Waals surface area contributed by atoms with Gasteiger partial charge in [0.15, 0.2) is 5.82 Å². The molecule has 1 aromatic heterocycles. The zero-order valence-corrected chi connectivity index (χ0v) is 18.9. The smallest absolute Gasteiger partial charge is 0.407 e. The van der Waals surface area contributed by atoms with E-state index < -0.39 is 23.5 Å². The average Bonchev–Trinajstić information content (AvgIpc) is 2.72. The number of rotatable bonds is 5. The highest BCUT2D eigenvalue weighted by molar-refractivity contribution is 5.99. The van der Waals surface area contributed by atoms with Crippen LogP contribution < -0.4 is 10.6 Å². The molecule has 172 valence electrons. The Bertz CT molecular complexity index is 980. The van der Waals surface area contributed by atoms with Crippen molar-refractivity contribution in [2.24, 2.45) is 0 Å². The molecular weight excluding hydrogens is 413 g/mol. The van der Waals surface area contributed by atoms with Crippen LogP contribution in [0.1, 0.15) is 38.4 Å². The highest BCUT2D eigenvalue weighted by atomic mass is 19.1. The highest BCUT2D eigenvalue weighted by Gasteiger charge is 2.44. The number of carbonyl (C=O) groups is 2. The number of aryl methyl sites for hydroxylation is 1. The Morgan fingerprint density at radius 1 is 1.22 bits per heavy atom. The van der Waals surface area contributed by atoms with Crippen LogP contribution in [0.25, 0.3) is 0 Å². The molecule has 1 fully saturated rings. The molecule has 0 bridgehead atoms. The van der Waals surface area contributed by atoms with Crippen LogP contribution in [0, 0.1) is 12.7 Å². The van der Waals surface area contributed by atoms with Crippen LogP contribution in [-0.2, 0) is 6.54 Å². The Morgan fingerprint density at radius 3 is 2.59 bits per heavy atom. The topological polar surface area (TPSA) is 97.8 Å². The number of aromatic nitrogens is 1. The normalized spacial score (nSPS) is 18.3. The standard InChI is InChI=1S/C23H30FN5O3/c1-5-19-23(3,4)29(22(31)32)12-11-28(19)14-16-7-6-8-18(20(16)24)27-21(30)26-17-10-9-15(2)25-13-17/h6-10,13,19H,5,11-12,14H2,1-4H3,(H,31,32)(H2,26,27,30). The summed E-state index contributed by atoms with van der Waals surface area (Å²) in [7, 11) is 0. The van der Waals surface area contributed by atoms with Crippen LogP contribution in [0.15, 0.2) is 36.5 Å². The van der Waals surface area contributed by atoms with Crippen molar-refractivity contribution in [2.75, 3.05) is 23.7 Å². The summed E-state index contributed by atoms with van der Waals surface area (Å²) in [5.74, 6) is -0.502. The molecule has 32 heavy (non-hydrogen) atoms. The second-order valence-electron chi connectivity index (χ2n) is 8.53. The third-order valence-electron chi connectivity index (χ3n) is 6.05. The summed E-state index contributed by atoms with van der Waals surface area (Å²) in [5, 5.41) is 14.7. The first-order chi connectivity index (χ1) is 15.1. The van der Waals surface area contributed by atoms with Gasteiger partial charge in [-0.2, -0.15) is 0 Å². The molecule has 3 N–H and O–H groups in total. The molecule has 1 unspecified atom stereocenters. The van der Waals surface area contributed by atoms with Gasteiger partial charge < -0.3 is 20.6 Å². The van der Waals surface area contributed by atoms with E-state index in [9.17, 15) is 14.7 Å². The second-order valence-corrected chi connectivity index (χ2v) is 8.53. The molecule has 1 aliphatic rings. The first-order valence-corrected chi connectivity index (χ1v) is 10.7. The maximum atomic E-state index is 15.2. The van der Waals surface area contributed by atoms with Crippen LogP contribution in [0.5, 0.6) is 0 Å². The lowest BCUT2D eigenvalue weighted by Crippen LogP contribution is -2.66. The Labute approximate surface area is 187 Å². The number of halogens is 1. The Kier molecular flexibility index (Phi) is 6.98. The SMILES string of the molecule is CCC1N(Cc2cccc(NC(=O)Nc3ccc(C)nc3)c2F)CCN(C(=O)O)C1(C)C. The van der Waals surface area contributed by atoms with Crippen molar-refractivity contribution in [3.05, 3.63) is 53.6 Å². The molecule has 3 amide bonds. The second kappa shape index (κ2) is 9.52. The molecule has 9 heteroatoms. The first-order valence-electron chi connectivity index (χ1n) is 10.7. The van der Waals surface area contributed by atoms with Crippen LogP contribution in [0.2, 0.25) is 0 Å². The van der Waals surface area contributed by atoms with Gasteiger partial charge >= 0.3 is 12.1 Å². The summed E-state index contributed by atoms with van der Waals surface area (Å²) in [5.41, 5.74) is 1.25. The van der Waals surface area contributed by atoms with E-state index in [-0.39, 0.29) is 11.7 Å². The minimum Gasteiger partial charge on any atom is -0.465 e. The predicted molar refractivity (Wildman–Crippen MR) is 121 cm³/mol. The molecule has 2 aromatic rings. The number of nitrogens with one attached hydrogen (secondary N) is 2. The fourth-order valence-electron chi connectivity index (χ4n) is 4.43. The molecule has 1 aliphatic heterocycles. The molecule has 0 spiro atoms. The quantitative estimate of drug-likeness (QED) is 0.631. The van der Waals surface area contributed by atoms with E-state index in [0.717, 1.165) is 12.1 Å². The number of anilines is 2. The highest BCUT2D eigenvalue weighted by Crippen LogP contribution is 2.32. The average molecular weight is 444 g/mol. The molecule has 1 saturated heterocycles. The lowest BCUT2D eigenvalue weighted by atomic mass is 9.86. The maximum absolute atomic E-state index is 15.2. The van der Waals surface area contributed by atoms with Gasteiger partial charge in [-0.3, -0.25) is 9.88 Å². The zero-order chi connectivity index (χ0) is 23.5. The van der Waals surface area contributed by atoms with Gasteiger partial charge in [-0.1, -0.05) is 19.1 Å². The van der Waals surface area contributed by atoms with Crippen molar-refractivity contribution in [2.45, 2.75) is 52.2 Å². The van der Waals surface area contributed by atoms with E-state index in [4.69, 9.17) is 0 Å². The molecule has 3 rings (SSSR count). The van der Waals surface area contributed by atoms with E-state index in [1.54, 1.807) is 24.3 Å². The van der Waals surface area contributed by atoms with Gasteiger partial charge in [0.25, 0.3) is 0 Å². The fourth-order valence-corrected chi connectivity index (χ4v) is 4.43. The van der Waals surface area contributed by atoms with Crippen molar-refractivity contribution >= 4 is 23.5 Å². The number of hydrogen-bond donors (Lipinski definition) is 3. The van der Waals surface area contributed by atoms with Gasteiger partial charge in [-0.15, -0.1) is 0 Å². The van der Waals surface area contributed by atoms with Gasteiger partial charge in [-0.05, 0) is 45.4 Å². The molecule has 8 nitrogen and oxygen atoms in total. The molecule has 0 aliphatic carbocycles. The molecule has 0 radical (unpaired) electrons. The van der Waals surface area contributed by atoms with Gasteiger partial charge in [-0.25, -0.2) is 14.0 Å². The number of amides is 3. The third kappa shape index (κ3) is 4.99. The minimum absolute atomic E-state index is 0.0688. The zero-order valence-electron chi connectivity index (χ0n) is 18.9. The molecule has 0 saturated carbocycles. The summed E-state index contributed by atoms with van der Waals surface area (Å²) in [4.78, 5) is 31.6. The van der Waals surface area contributed by atoms with E-state index in [2.05, 4.69) is 20.5 Å². The van der Waals surface area contributed by atoms with E-state index in [1.807, 2.05) is 27.7 Å². The Balaban J connectivity index is 1.73. The summed E-state index contributed by atoms with van der Waals surface area (Å²) < 4.78 is 15.2. The fraction of sp³-hybridized carbons (Fsp3) is 0.435. The Morgan fingerprint density at radius 2 is 1.97 bits per heavy atom. The predicted octanol–water partition coefficient (Wildman–Crippen LogP) is 4.53. The summed E-state index contributed by atoms with van der Waals surface area (Å²) >= 11 is 0. The lowest BCUT2D eigenvalue weighted by Gasteiger charge is -2.52. The van der Waals surface area contributed by atoms with Crippen molar-refractivity contribution < 1.29 is 19.1 Å². The monoisotopic (exact) mass is 443 g/mol. The largest absolute Gasteiger partial charge is 0.465 e. The summed E-state index contributed by atoms with van der Waals surface area (Å²) in [6.45, 7) is 8.83. The van der Waals surface area contributed by atoms with Gasteiger partial charge in [0.1, 0.15) is 0 Å². The third-order valence-corrected chi connectivity index (χ3v) is 6.05. The van der Waals surface area contributed by atoms with Gasteiger partial charge in [0, 0.05) is 36.9 Å². The molecule has 1 aromatic carbocycles. The van der Waals surface area contributed by atoms with Crippen molar-refractivity contribution in [1.29, 1.82) is 0 Å². The van der Waals surface area contributed by atoms with Crippen LogP contribution >= 0.6 is 0 Å². The number of carboxylic acid groups (broad SMARTS) is 1. The molecular formula is C23H30FN5O3. The van der Waals surface area contributed by atoms with Gasteiger partial charge in [0.05, 0.1) is 23.1 Å². The summed E-state index contributed by atoms with van der Waals surface area (Å²) in [6, 6.07) is 7.75. The van der Waals surface area contributed by atoms with E-state index in [1.165, 1.54) is 17.2 Å². The number of benzene rings is 1. The number of pyridine rings is 1. The number of hydrogen-bond acceptors (Lipinski definition) is 4. The van der Waals surface area contributed by atoms with Crippen LogP contribution in [-0.4, -0.2) is 56.7 Å². The number of urea groups is 1. The van der Waals surface area contributed by atoms with Crippen LogP contribution in [0.3, 0.4) is 0 Å². The Hall–Kier alpha value is -3.20. The molecule has 1 atom stereocenters. The maximum Gasteiger partial charge on any atom is 0.407 e. The molecule has 2 heterocycles. The van der Waals surface area contributed by atoms with Crippen molar-refractivity contribution in [1.82, 2.24) is 14.8 Å². The first kappa shape index (κ1) is 23.5. The van der Waals surface area contributed by atoms with Crippen LogP contribution in [0.4, 0.5) is 25.4 Å². The number of piperazine rings is 1. The number of carbonyl (C=O) groups excluding carboxylic acids is 1. The van der Waals surface area contributed by atoms with Crippen molar-refractivity contribution in [3.63, 3.8) is 0 Å². The summed E-state index contributed by atoms with van der Waals surface area (Å²) in [6.07, 6.45) is 1.31. The van der Waals surface area contributed by atoms with Crippen molar-refractivity contribution in [3.8, 4) is 0 Å². The minimum atomic E-state index is -0.944. The van der Waals surface area contributed by atoms with E-state index >= 15 is 4.39 Å². The lowest BCUT2D eigenvalue weighted by molar-refractivity contribution is -0.0273. The van der Waals surface area contributed by atoms with Gasteiger partial charge in [0.2, 0.25) is 0 Å².